The van der Waals surface area contributed by atoms with E-state index in [-0.39, 0.29) is 6.10 Å². The van der Waals surface area contributed by atoms with Gasteiger partial charge in [-0.1, -0.05) is 37.3 Å². The van der Waals surface area contributed by atoms with Crippen molar-refractivity contribution >= 4 is 0 Å². The lowest BCUT2D eigenvalue weighted by Crippen LogP contribution is -2.25. The molecule has 17 heavy (non-hydrogen) atoms. The highest BCUT2D eigenvalue weighted by atomic mass is 16.3. The van der Waals surface area contributed by atoms with E-state index < -0.39 is 0 Å². The first-order valence-electron chi connectivity index (χ1n) is 6.69. The lowest BCUT2D eigenvalue weighted by Gasteiger charge is -2.15. The first-order valence-corrected chi connectivity index (χ1v) is 6.69. The molecule has 2 nitrogen and oxygen atoms in total. The normalized spacial score (nSPS) is 26.0. The molecule has 3 atom stereocenters. The molecule has 0 amide bonds. The molecule has 0 saturated heterocycles. The molecule has 2 N–H and O–H groups in total. The van der Waals surface area contributed by atoms with Gasteiger partial charge in [0.15, 0.2) is 0 Å². The summed E-state index contributed by atoms with van der Waals surface area (Å²) in [6.45, 7) is 4.33. The largest absolute Gasteiger partial charge is 0.393 e. The van der Waals surface area contributed by atoms with Crippen LogP contribution in [0.4, 0.5) is 0 Å². The van der Waals surface area contributed by atoms with Gasteiger partial charge in [0.1, 0.15) is 0 Å². The zero-order valence-electron chi connectivity index (χ0n) is 10.6. The number of aliphatic hydroxyl groups is 1. The quantitative estimate of drug-likeness (QED) is 0.819. The Morgan fingerprint density at radius 3 is 2.71 bits per heavy atom. The molecule has 2 rings (SSSR count). The van der Waals surface area contributed by atoms with Gasteiger partial charge in [-0.3, -0.25) is 0 Å². The molecule has 0 aliphatic heterocycles. The Morgan fingerprint density at radius 1 is 1.29 bits per heavy atom. The van der Waals surface area contributed by atoms with Crippen molar-refractivity contribution in [2.45, 2.75) is 38.2 Å². The topological polar surface area (TPSA) is 32.3 Å². The Labute approximate surface area is 104 Å². The van der Waals surface area contributed by atoms with Crippen molar-refractivity contribution in [2.24, 2.45) is 5.92 Å². The summed E-state index contributed by atoms with van der Waals surface area (Å²) in [5.41, 5.74) is 1.39. The fourth-order valence-corrected chi connectivity index (χ4v) is 2.64. The van der Waals surface area contributed by atoms with E-state index in [9.17, 15) is 5.11 Å². The minimum Gasteiger partial charge on any atom is -0.393 e. The fraction of sp³-hybridized carbons (Fsp3) is 0.600. The van der Waals surface area contributed by atoms with E-state index in [1.165, 1.54) is 12.0 Å². The van der Waals surface area contributed by atoms with Crippen LogP contribution in [0, 0.1) is 5.92 Å². The smallest absolute Gasteiger partial charge is 0.0543 e. The van der Waals surface area contributed by atoms with Gasteiger partial charge in [-0.25, -0.2) is 0 Å². The van der Waals surface area contributed by atoms with Crippen LogP contribution >= 0.6 is 0 Å². The molecule has 1 aliphatic carbocycles. The van der Waals surface area contributed by atoms with Gasteiger partial charge in [-0.2, -0.15) is 0 Å². The van der Waals surface area contributed by atoms with Gasteiger partial charge >= 0.3 is 0 Å². The number of hydrogen-bond donors (Lipinski definition) is 2. The summed E-state index contributed by atoms with van der Waals surface area (Å²) < 4.78 is 0. The Balaban J connectivity index is 1.68. The zero-order valence-corrected chi connectivity index (χ0v) is 10.6. The first kappa shape index (κ1) is 12.6. The van der Waals surface area contributed by atoms with Crippen molar-refractivity contribution in [2.75, 3.05) is 13.1 Å². The Kier molecular flexibility index (Phi) is 4.57. The average molecular weight is 233 g/mol. The highest BCUT2D eigenvalue weighted by Crippen LogP contribution is 2.24. The zero-order chi connectivity index (χ0) is 12.1. The van der Waals surface area contributed by atoms with E-state index in [1.54, 1.807) is 0 Å². The number of aliphatic hydroxyl groups excluding tert-OH is 1. The third-order valence-electron chi connectivity index (χ3n) is 3.77. The van der Waals surface area contributed by atoms with E-state index >= 15 is 0 Å². The molecule has 1 saturated carbocycles. The van der Waals surface area contributed by atoms with Crippen LogP contribution in [0.2, 0.25) is 0 Å². The summed E-state index contributed by atoms with van der Waals surface area (Å²) in [7, 11) is 0. The fourth-order valence-electron chi connectivity index (χ4n) is 2.64. The van der Waals surface area contributed by atoms with E-state index in [2.05, 4.69) is 42.6 Å². The molecule has 1 fully saturated rings. The predicted octanol–water partition coefficient (Wildman–Crippen LogP) is 2.54. The monoisotopic (exact) mass is 233 g/mol. The van der Waals surface area contributed by atoms with Crippen LogP contribution in [-0.2, 0) is 0 Å². The van der Waals surface area contributed by atoms with E-state index in [0.29, 0.717) is 11.8 Å². The van der Waals surface area contributed by atoms with Gasteiger partial charge in [0.25, 0.3) is 0 Å². The maximum absolute atomic E-state index is 9.46. The second kappa shape index (κ2) is 6.18. The van der Waals surface area contributed by atoms with E-state index in [4.69, 9.17) is 0 Å². The molecule has 1 aromatic rings. The number of nitrogens with one attached hydrogen (secondary N) is 1. The minimum absolute atomic E-state index is 0.0478. The standard InChI is InChI=1S/C15H23NO/c1-12(14-5-3-2-4-6-14)10-16-11-13-7-8-15(17)9-13/h2-6,12-13,15-17H,7-11H2,1H3. The van der Waals surface area contributed by atoms with Crippen molar-refractivity contribution < 1.29 is 5.11 Å². The molecule has 0 heterocycles. The predicted molar refractivity (Wildman–Crippen MR) is 71.1 cm³/mol. The van der Waals surface area contributed by atoms with Crippen molar-refractivity contribution in [3.05, 3.63) is 35.9 Å². The van der Waals surface area contributed by atoms with Crippen LogP contribution < -0.4 is 5.32 Å². The molecule has 2 heteroatoms. The van der Waals surface area contributed by atoms with Crippen LogP contribution in [0.5, 0.6) is 0 Å². The molecule has 94 valence electrons. The second-order valence-electron chi connectivity index (χ2n) is 5.30. The van der Waals surface area contributed by atoms with E-state index in [1.807, 2.05) is 0 Å². The number of rotatable bonds is 5. The van der Waals surface area contributed by atoms with Gasteiger partial charge in [0, 0.05) is 6.54 Å². The lowest BCUT2D eigenvalue weighted by atomic mass is 10.0. The summed E-state index contributed by atoms with van der Waals surface area (Å²) in [4.78, 5) is 0. The van der Waals surface area contributed by atoms with Gasteiger partial charge in [-0.05, 0) is 43.2 Å². The summed E-state index contributed by atoms with van der Waals surface area (Å²) >= 11 is 0. The maximum Gasteiger partial charge on any atom is 0.0543 e. The molecule has 1 aromatic carbocycles. The molecule has 0 aromatic heterocycles. The second-order valence-corrected chi connectivity index (χ2v) is 5.30. The average Bonchev–Trinajstić information content (AvgIpc) is 2.76. The van der Waals surface area contributed by atoms with Gasteiger partial charge in [0.05, 0.1) is 6.10 Å². The molecular weight excluding hydrogens is 210 g/mol. The van der Waals surface area contributed by atoms with Crippen molar-refractivity contribution in [3.63, 3.8) is 0 Å². The number of hydrogen-bond acceptors (Lipinski definition) is 2. The third-order valence-corrected chi connectivity index (χ3v) is 3.77. The highest BCUT2D eigenvalue weighted by molar-refractivity contribution is 5.18. The Hall–Kier alpha value is -0.860. The van der Waals surface area contributed by atoms with E-state index in [0.717, 1.165) is 25.9 Å². The van der Waals surface area contributed by atoms with Crippen LogP contribution in [0.3, 0.4) is 0 Å². The minimum atomic E-state index is -0.0478. The maximum atomic E-state index is 9.46. The summed E-state index contributed by atoms with van der Waals surface area (Å²) in [6.07, 6.45) is 3.09. The number of benzene rings is 1. The van der Waals surface area contributed by atoms with Crippen LogP contribution in [0.15, 0.2) is 30.3 Å². The molecule has 3 unspecified atom stereocenters. The molecule has 0 bridgehead atoms. The van der Waals surface area contributed by atoms with Crippen molar-refractivity contribution in [3.8, 4) is 0 Å². The summed E-state index contributed by atoms with van der Waals surface area (Å²) in [5.74, 6) is 1.23. The van der Waals surface area contributed by atoms with Gasteiger partial charge in [0.2, 0.25) is 0 Å². The molecular formula is C15H23NO. The van der Waals surface area contributed by atoms with Crippen molar-refractivity contribution in [1.29, 1.82) is 0 Å². The van der Waals surface area contributed by atoms with Crippen LogP contribution in [-0.4, -0.2) is 24.3 Å². The molecule has 0 radical (unpaired) electrons. The Morgan fingerprint density at radius 2 is 2.06 bits per heavy atom. The highest BCUT2D eigenvalue weighted by Gasteiger charge is 2.22. The summed E-state index contributed by atoms with van der Waals surface area (Å²) in [5, 5.41) is 13.0. The van der Waals surface area contributed by atoms with Crippen molar-refractivity contribution in [1.82, 2.24) is 5.32 Å². The van der Waals surface area contributed by atoms with Gasteiger partial charge in [-0.15, -0.1) is 0 Å². The van der Waals surface area contributed by atoms with Crippen LogP contribution in [0.1, 0.15) is 37.7 Å². The lowest BCUT2D eigenvalue weighted by molar-refractivity contribution is 0.177. The van der Waals surface area contributed by atoms with Crippen LogP contribution in [0.25, 0.3) is 0 Å². The first-order chi connectivity index (χ1) is 8.25. The third kappa shape index (κ3) is 3.83. The molecule has 1 aliphatic rings. The Bertz CT molecular complexity index is 325. The summed E-state index contributed by atoms with van der Waals surface area (Å²) in [6, 6.07) is 10.6. The van der Waals surface area contributed by atoms with Gasteiger partial charge < -0.3 is 10.4 Å². The SMILES string of the molecule is CC(CNCC1CCC(O)C1)c1ccccc1. The molecule has 0 spiro atoms.